The standard InChI is InChI=1S/C28H30N2O3S/c1-21-11-13-22(14-12-21)20-30(27-16-15-23-7-2-3-10-26(23)27)34(32,33)25-9-6-8-24(19-25)28(31)29-17-4-5-18-29/h2-3,6-14,19,27H,4-5,15-18,20H2,1H3. The lowest BCUT2D eigenvalue weighted by molar-refractivity contribution is 0.0792. The minimum Gasteiger partial charge on any atom is -0.339 e. The van der Waals surface area contributed by atoms with Gasteiger partial charge < -0.3 is 4.90 Å². The minimum atomic E-state index is -3.85. The summed E-state index contributed by atoms with van der Waals surface area (Å²) in [5.41, 5.74) is 4.79. The third-order valence-corrected chi connectivity index (χ3v) is 8.84. The number of hydrogen-bond acceptors (Lipinski definition) is 3. The lowest BCUT2D eigenvalue weighted by Gasteiger charge is -2.29. The van der Waals surface area contributed by atoms with Gasteiger partial charge in [0.05, 0.1) is 10.9 Å². The summed E-state index contributed by atoms with van der Waals surface area (Å²) in [6.45, 7) is 3.77. The Labute approximate surface area is 202 Å². The zero-order valence-corrected chi connectivity index (χ0v) is 20.3. The van der Waals surface area contributed by atoms with E-state index in [9.17, 15) is 13.2 Å². The van der Waals surface area contributed by atoms with E-state index < -0.39 is 10.0 Å². The van der Waals surface area contributed by atoms with Crippen LogP contribution in [0.2, 0.25) is 0 Å². The molecule has 3 aromatic rings. The quantitative estimate of drug-likeness (QED) is 0.499. The van der Waals surface area contributed by atoms with Crippen LogP contribution in [0.4, 0.5) is 0 Å². The molecule has 1 unspecified atom stereocenters. The summed E-state index contributed by atoms with van der Waals surface area (Å²) in [7, 11) is -3.85. The summed E-state index contributed by atoms with van der Waals surface area (Å²) >= 11 is 0. The van der Waals surface area contributed by atoms with E-state index in [1.165, 1.54) is 5.56 Å². The van der Waals surface area contributed by atoms with Crippen LogP contribution in [0.5, 0.6) is 0 Å². The maximum absolute atomic E-state index is 14.1. The summed E-state index contributed by atoms with van der Waals surface area (Å²) in [6, 6.07) is 22.4. The topological polar surface area (TPSA) is 57.7 Å². The molecule has 0 aromatic heterocycles. The molecule has 0 bridgehead atoms. The van der Waals surface area contributed by atoms with Crippen LogP contribution in [-0.4, -0.2) is 36.6 Å². The van der Waals surface area contributed by atoms with Gasteiger partial charge in [-0.15, -0.1) is 0 Å². The van der Waals surface area contributed by atoms with E-state index in [-0.39, 0.29) is 23.4 Å². The number of sulfonamides is 1. The molecule has 5 nitrogen and oxygen atoms in total. The molecule has 3 aromatic carbocycles. The van der Waals surface area contributed by atoms with E-state index in [0.29, 0.717) is 5.56 Å². The molecule has 1 heterocycles. The Hall–Kier alpha value is -2.96. The van der Waals surface area contributed by atoms with Crippen molar-refractivity contribution in [3.8, 4) is 0 Å². The molecule has 0 spiro atoms. The summed E-state index contributed by atoms with van der Waals surface area (Å²) in [5, 5.41) is 0. The molecule has 0 N–H and O–H groups in total. The fraction of sp³-hybridized carbons (Fsp3) is 0.321. The van der Waals surface area contributed by atoms with Crippen molar-refractivity contribution < 1.29 is 13.2 Å². The van der Waals surface area contributed by atoms with E-state index in [0.717, 1.165) is 55.5 Å². The first-order valence-electron chi connectivity index (χ1n) is 12.0. The third kappa shape index (κ3) is 4.40. The zero-order valence-electron chi connectivity index (χ0n) is 19.5. The van der Waals surface area contributed by atoms with E-state index in [4.69, 9.17) is 0 Å². The van der Waals surface area contributed by atoms with E-state index in [1.807, 2.05) is 54.3 Å². The molecule has 6 heteroatoms. The Balaban J connectivity index is 1.53. The zero-order chi connectivity index (χ0) is 23.7. The highest BCUT2D eigenvalue weighted by Gasteiger charge is 2.36. The third-order valence-electron chi connectivity index (χ3n) is 6.99. The highest BCUT2D eigenvalue weighted by molar-refractivity contribution is 7.89. The molecule has 1 aliphatic carbocycles. The molecule has 176 valence electrons. The first kappa shape index (κ1) is 22.8. The van der Waals surface area contributed by atoms with Gasteiger partial charge in [-0.25, -0.2) is 8.42 Å². The van der Waals surface area contributed by atoms with Crippen LogP contribution in [0.1, 0.15) is 57.9 Å². The maximum atomic E-state index is 14.1. The summed E-state index contributed by atoms with van der Waals surface area (Å²) in [6.07, 6.45) is 3.59. The number of fused-ring (bicyclic) bond motifs is 1. The predicted octanol–water partition coefficient (Wildman–Crippen LogP) is 5.11. The van der Waals surface area contributed by atoms with Crippen molar-refractivity contribution in [2.24, 2.45) is 0 Å². The van der Waals surface area contributed by atoms with E-state index in [2.05, 4.69) is 6.07 Å². The van der Waals surface area contributed by atoms with Gasteiger partial charge in [-0.1, -0.05) is 60.2 Å². The van der Waals surface area contributed by atoms with Gasteiger partial charge in [0.2, 0.25) is 10.0 Å². The predicted molar refractivity (Wildman–Crippen MR) is 133 cm³/mol. The molecule has 1 amide bonds. The average Bonchev–Trinajstić information content (AvgIpc) is 3.54. The van der Waals surface area contributed by atoms with Crippen LogP contribution in [0.15, 0.2) is 77.7 Å². The smallest absolute Gasteiger partial charge is 0.253 e. The molecule has 0 radical (unpaired) electrons. The van der Waals surface area contributed by atoms with Crippen molar-refractivity contribution >= 4 is 15.9 Å². The van der Waals surface area contributed by atoms with E-state index in [1.54, 1.807) is 28.6 Å². The second-order valence-corrected chi connectivity index (χ2v) is 11.2. The summed E-state index contributed by atoms with van der Waals surface area (Å²) in [5.74, 6) is -0.0918. The number of nitrogens with zero attached hydrogens (tertiary/aromatic N) is 2. The number of benzene rings is 3. The number of carbonyl (C=O) groups excluding carboxylic acids is 1. The lowest BCUT2D eigenvalue weighted by Crippen LogP contribution is -2.34. The van der Waals surface area contributed by atoms with Gasteiger partial charge >= 0.3 is 0 Å². The average molecular weight is 475 g/mol. The van der Waals surface area contributed by atoms with Crippen LogP contribution < -0.4 is 0 Å². The number of likely N-dealkylation sites (tertiary alicyclic amines) is 1. The molecule has 1 fully saturated rings. The Morgan fingerprint density at radius 3 is 2.47 bits per heavy atom. The van der Waals surface area contributed by atoms with Gasteiger partial charge in [-0.05, 0) is 67.5 Å². The number of hydrogen-bond donors (Lipinski definition) is 0. The fourth-order valence-electron chi connectivity index (χ4n) is 5.10. The SMILES string of the molecule is Cc1ccc(CN(C2CCc3ccccc32)S(=O)(=O)c2cccc(C(=O)N3CCCC3)c2)cc1. The fourth-order valence-corrected chi connectivity index (χ4v) is 6.77. The van der Waals surface area contributed by atoms with Crippen molar-refractivity contribution in [1.29, 1.82) is 0 Å². The highest BCUT2D eigenvalue weighted by Crippen LogP contribution is 2.39. The van der Waals surface area contributed by atoms with Gasteiger partial charge in [0.1, 0.15) is 0 Å². The van der Waals surface area contributed by atoms with Crippen molar-refractivity contribution in [1.82, 2.24) is 9.21 Å². The Morgan fingerprint density at radius 2 is 1.71 bits per heavy atom. The molecular weight excluding hydrogens is 444 g/mol. The van der Waals surface area contributed by atoms with E-state index >= 15 is 0 Å². The molecule has 5 rings (SSSR count). The van der Waals surface area contributed by atoms with Crippen molar-refractivity contribution in [3.63, 3.8) is 0 Å². The highest BCUT2D eigenvalue weighted by atomic mass is 32.2. The van der Waals surface area contributed by atoms with Gasteiger partial charge in [-0.2, -0.15) is 4.31 Å². The van der Waals surface area contributed by atoms with Gasteiger partial charge in [-0.3, -0.25) is 4.79 Å². The normalized spacial score (nSPS) is 17.8. The van der Waals surface area contributed by atoms with Gasteiger partial charge in [0, 0.05) is 25.2 Å². The van der Waals surface area contributed by atoms with Gasteiger partial charge in [0.25, 0.3) is 5.91 Å². The number of rotatable bonds is 6. The molecule has 34 heavy (non-hydrogen) atoms. The van der Waals surface area contributed by atoms with Crippen molar-refractivity contribution in [2.45, 2.75) is 50.1 Å². The monoisotopic (exact) mass is 474 g/mol. The van der Waals surface area contributed by atoms with Crippen LogP contribution in [-0.2, 0) is 23.0 Å². The van der Waals surface area contributed by atoms with Gasteiger partial charge in [0.15, 0.2) is 0 Å². The second-order valence-electron chi connectivity index (χ2n) is 9.32. The van der Waals surface area contributed by atoms with Crippen LogP contribution in [0.25, 0.3) is 0 Å². The van der Waals surface area contributed by atoms with Crippen LogP contribution in [0, 0.1) is 6.92 Å². The molecule has 2 aliphatic rings. The molecule has 0 saturated carbocycles. The summed E-state index contributed by atoms with van der Waals surface area (Å²) in [4.78, 5) is 14.9. The number of amides is 1. The first-order chi connectivity index (χ1) is 16.4. The molecule has 1 atom stereocenters. The molecule has 1 aliphatic heterocycles. The second kappa shape index (κ2) is 9.35. The summed E-state index contributed by atoms with van der Waals surface area (Å²) < 4.78 is 29.8. The van der Waals surface area contributed by atoms with Crippen LogP contribution in [0.3, 0.4) is 0 Å². The van der Waals surface area contributed by atoms with Crippen LogP contribution >= 0.6 is 0 Å². The number of aryl methyl sites for hydroxylation is 2. The molecule has 1 saturated heterocycles. The maximum Gasteiger partial charge on any atom is 0.253 e. The Kier molecular flexibility index (Phi) is 6.28. The minimum absolute atomic E-state index is 0.0918. The van der Waals surface area contributed by atoms with Crippen molar-refractivity contribution in [2.75, 3.05) is 13.1 Å². The number of carbonyl (C=O) groups is 1. The largest absolute Gasteiger partial charge is 0.339 e. The molecular formula is C28H30N2O3S. The first-order valence-corrected chi connectivity index (χ1v) is 13.4. The Bertz CT molecular complexity index is 1300. The Morgan fingerprint density at radius 1 is 0.971 bits per heavy atom. The lowest BCUT2D eigenvalue weighted by atomic mass is 10.1. The van der Waals surface area contributed by atoms with Crippen molar-refractivity contribution in [3.05, 3.63) is 101 Å².